The molecule has 2 rings (SSSR count). The van der Waals surface area contributed by atoms with Gasteiger partial charge in [0.1, 0.15) is 12.4 Å². The Labute approximate surface area is 144 Å². The number of rotatable bonds is 7. The molecule has 5 heteroatoms. The molecule has 0 bridgehead atoms. The molecule has 1 aromatic heterocycles. The average Bonchev–Trinajstić information content (AvgIpc) is 2.64. The van der Waals surface area contributed by atoms with Gasteiger partial charge >= 0.3 is 0 Å². The summed E-state index contributed by atoms with van der Waals surface area (Å²) in [5.74, 6) is 1.65. The van der Waals surface area contributed by atoms with Gasteiger partial charge in [0.25, 0.3) is 0 Å². The number of hydrogen-bond donors (Lipinski definition) is 2. The molecule has 1 aromatic carbocycles. The van der Waals surface area contributed by atoms with Crippen LogP contribution in [0.2, 0.25) is 0 Å². The Morgan fingerprint density at radius 1 is 1.25 bits per heavy atom. The highest BCUT2D eigenvalue weighted by atomic mass is 16.5. The maximum atomic E-state index is 5.81. The molecule has 128 valence electrons. The van der Waals surface area contributed by atoms with Crippen molar-refractivity contribution >= 4 is 5.96 Å². The van der Waals surface area contributed by atoms with Crippen LogP contribution in [0.1, 0.15) is 31.5 Å². The van der Waals surface area contributed by atoms with Gasteiger partial charge in [0.05, 0.1) is 5.69 Å². The first-order chi connectivity index (χ1) is 11.7. The van der Waals surface area contributed by atoms with Crippen LogP contribution in [0.5, 0.6) is 5.75 Å². The van der Waals surface area contributed by atoms with Crippen LogP contribution in [0.25, 0.3) is 0 Å². The summed E-state index contributed by atoms with van der Waals surface area (Å²) in [6.07, 6.45) is 2.83. The number of aliphatic imine (C=N–C) groups is 1. The highest BCUT2D eigenvalue weighted by molar-refractivity contribution is 5.79. The van der Waals surface area contributed by atoms with Crippen LogP contribution in [0.15, 0.2) is 53.7 Å². The van der Waals surface area contributed by atoms with Crippen LogP contribution < -0.4 is 15.4 Å². The number of nitrogens with one attached hydrogen (secondary N) is 2. The van der Waals surface area contributed by atoms with Gasteiger partial charge in [0, 0.05) is 25.8 Å². The molecule has 24 heavy (non-hydrogen) atoms. The zero-order chi connectivity index (χ0) is 17.2. The van der Waals surface area contributed by atoms with Crippen molar-refractivity contribution < 1.29 is 4.74 Å². The second-order valence-corrected chi connectivity index (χ2v) is 5.64. The van der Waals surface area contributed by atoms with Gasteiger partial charge in [-0.15, -0.1) is 0 Å². The van der Waals surface area contributed by atoms with Crippen molar-refractivity contribution in [3.63, 3.8) is 0 Å². The lowest BCUT2D eigenvalue weighted by molar-refractivity contribution is 0.301. The van der Waals surface area contributed by atoms with Crippen molar-refractivity contribution in [1.82, 2.24) is 15.6 Å². The molecular weight excluding hydrogens is 300 g/mol. The zero-order valence-corrected chi connectivity index (χ0v) is 14.6. The molecule has 0 aliphatic carbocycles. The highest BCUT2D eigenvalue weighted by Gasteiger charge is 2.03. The van der Waals surface area contributed by atoms with E-state index in [-0.39, 0.29) is 0 Å². The van der Waals surface area contributed by atoms with Crippen molar-refractivity contribution in [3.05, 3.63) is 59.9 Å². The van der Waals surface area contributed by atoms with Crippen molar-refractivity contribution in [2.45, 2.75) is 39.5 Å². The average molecular weight is 326 g/mol. The van der Waals surface area contributed by atoms with E-state index in [0.29, 0.717) is 19.2 Å². The summed E-state index contributed by atoms with van der Waals surface area (Å²) in [4.78, 5) is 8.51. The SMILES string of the molecule is CCC(C)NC(=NC)NCc1cccc(OCc2ccccn2)c1. The smallest absolute Gasteiger partial charge is 0.191 e. The maximum Gasteiger partial charge on any atom is 0.191 e. The summed E-state index contributed by atoms with van der Waals surface area (Å²) in [5, 5.41) is 6.67. The molecule has 0 aliphatic rings. The van der Waals surface area contributed by atoms with Crippen molar-refractivity contribution in [3.8, 4) is 5.75 Å². The first kappa shape index (κ1) is 17.8. The van der Waals surface area contributed by atoms with Gasteiger partial charge in [0.15, 0.2) is 5.96 Å². The van der Waals surface area contributed by atoms with E-state index in [1.54, 1.807) is 13.2 Å². The Morgan fingerprint density at radius 2 is 2.12 bits per heavy atom. The van der Waals surface area contributed by atoms with E-state index in [4.69, 9.17) is 4.74 Å². The summed E-state index contributed by atoms with van der Waals surface area (Å²) in [6, 6.07) is 14.3. The highest BCUT2D eigenvalue weighted by Crippen LogP contribution is 2.14. The van der Waals surface area contributed by atoms with E-state index < -0.39 is 0 Å². The van der Waals surface area contributed by atoms with Gasteiger partial charge in [-0.25, -0.2) is 0 Å². The fourth-order valence-electron chi connectivity index (χ4n) is 2.10. The maximum absolute atomic E-state index is 5.81. The predicted octanol–water partition coefficient (Wildman–Crippen LogP) is 3.12. The van der Waals surface area contributed by atoms with E-state index in [2.05, 4.69) is 40.5 Å². The molecule has 0 radical (unpaired) electrons. The second kappa shape index (κ2) is 9.55. The Morgan fingerprint density at radius 3 is 2.83 bits per heavy atom. The number of ether oxygens (including phenoxy) is 1. The van der Waals surface area contributed by atoms with Crippen LogP contribution in [0.4, 0.5) is 0 Å². The van der Waals surface area contributed by atoms with Crippen LogP contribution >= 0.6 is 0 Å². The quantitative estimate of drug-likeness (QED) is 0.606. The number of pyridine rings is 1. The van der Waals surface area contributed by atoms with Gasteiger partial charge in [-0.3, -0.25) is 9.98 Å². The molecule has 1 atom stereocenters. The fourth-order valence-corrected chi connectivity index (χ4v) is 2.10. The minimum Gasteiger partial charge on any atom is -0.487 e. The zero-order valence-electron chi connectivity index (χ0n) is 14.6. The molecule has 2 aromatic rings. The third-order valence-corrected chi connectivity index (χ3v) is 3.69. The summed E-state index contributed by atoms with van der Waals surface area (Å²) in [6.45, 7) is 5.44. The first-order valence-corrected chi connectivity index (χ1v) is 8.30. The molecule has 1 heterocycles. The van der Waals surface area contributed by atoms with E-state index in [9.17, 15) is 0 Å². The predicted molar refractivity (Wildman–Crippen MR) is 98.1 cm³/mol. The standard InChI is InChI=1S/C19H26N4O/c1-4-15(2)23-19(20-3)22-13-16-8-7-10-18(12-16)24-14-17-9-5-6-11-21-17/h5-12,15H,4,13-14H2,1-3H3,(H2,20,22,23). The lowest BCUT2D eigenvalue weighted by Crippen LogP contribution is -2.41. The van der Waals surface area contributed by atoms with Crippen LogP contribution in [-0.2, 0) is 13.2 Å². The Balaban J connectivity index is 1.88. The molecule has 0 saturated heterocycles. The number of nitrogens with zero attached hydrogens (tertiary/aromatic N) is 2. The largest absolute Gasteiger partial charge is 0.487 e. The number of aromatic nitrogens is 1. The normalized spacial score (nSPS) is 12.5. The third-order valence-electron chi connectivity index (χ3n) is 3.69. The monoisotopic (exact) mass is 326 g/mol. The first-order valence-electron chi connectivity index (χ1n) is 8.30. The molecule has 1 unspecified atom stereocenters. The van der Waals surface area contributed by atoms with Crippen molar-refractivity contribution in [2.75, 3.05) is 7.05 Å². The van der Waals surface area contributed by atoms with Crippen LogP contribution in [-0.4, -0.2) is 24.0 Å². The van der Waals surface area contributed by atoms with E-state index >= 15 is 0 Å². The fraction of sp³-hybridized carbons (Fsp3) is 0.368. The molecule has 0 amide bonds. The molecule has 2 N–H and O–H groups in total. The Hall–Kier alpha value is -2.56. The van der Waals surface area contributed by atoms with Crippen molar-refractivity contribution in [1.29, 1.82) is 0 Å². The van der Waals surface area contributed by atoms with E-state index in [0.717, 1.165) is 29.4 Å². The Bertz CT molecular complexity index is 643. The molecule has 0 spiro atoms. The van der Waals surface area contributed by atoms with Crippen LogP contribution in [0, 0.1) is 0 Å². The number of hydrogen-bond acceptors (Lipinski definition) is 3. The number of guanidine groups is 1. The summed E-state index contributed by atoms with van der Waals surface area (Å²) >= 11 is 0. The lowest BCUT2D eigenvalue weighted by atomic mass is 10.2. The number of benzene rings is 1. The van der Waals surface area contributed by atoms with Gasteiger partial charge < -0.3 is 15.4 Å². The summed E-state index contributed by atoms with van der Waals surface area (Å²) in [7, 11) is 1.78. The Kier molecular flexibility index (Phi) is 7.08. The second-order valence-electron chi connectivity index (χ2n) is 5.64. The molecular formula is C19H26N4O. The third kappa shape index (κ3) is 5.91. The van der Waals surface area contributed by atoms with Crippen LogP contribution in [0.3, 0.4) is 0 Å². The lowest BCUT2D eigenvalue weighted by Gasteiger charge is -2.16. The molecule has 0 aliphatic heterocycles. The summed E-state index contributed by atoms with van der Waals surface area (Å²) < 4.78 is 5.81. The van der Waals surface area contributed by atoms with Gasteiger partial charge in [-0.05, 0) is 43.2 Å². The minimum atomic E-state index is 0.393. The van der Waals surface area contributed by atoms with Gasteiger partial charge in [0.2, 0.25) is 0 Å². The molecule has 0 fully saturated rings. The topological polar surface area (TPSA) is 58.5 Å². The minimum absolute atomic E-state index is 0.393. The molecule has 0 saturated carbocycles. The van der Waals surface area contributed by atoms with E-state index in [1.807, 2.05) is 36.4 Å². The van der Waals surface area contributed by atoms with Crippen molar-refractivity contribution in [2.24, 2.45) is 4.99 Å². The van der Waals surface area contributed by atoms with E-state index in [1.165, 1.54) is 0 Å². The van der Waals surface area contributed by atoms with Gasteiger partial charge in [-0.1, -0.05) is 25.1 Å². The molecule has 5 nitrogen and oxygen atoms in total. The van der Waals surface area contributed by atoms with Gasteiger partial charge in [-0.2, -0.15) is 0 Å². The summed E-state index contributed by atoms with van der Waals surface area (Å²) in [5.41, 5.74) is 2.06.